The minimum atomic E-state index is 0.694. The number of benzene rings is 1. The van der Waals surface area contributed by atoms with Crippen molar-refractivity contribution >= 4 is 22.7 Å². The van der Waals surface area contributed by atoms with Crippen LogP contribution < -0.4 is 0 Å². The highest BCUT2D eigenvalue weighted by atomic mass is 16.1. The van der Waals surface area contributed by atoms with Gasteiger partial charge < -0.3 is 4.57 Å². The number of rotatable bonds is 1. The van der Waals surface area contributed by atoms with E-state index in [0.29, 0.717) is 5.69 Å². The topological polar surface area (TPSA) is 34.4 Å². The molecule has 3 nitrogen and oxygen atoms in total. The fourth-order valence-corrected chi connectivity index (χ4v) is 2.01. The smallest absolute Gasteiger partial charge is 0.240 e. The molecule has 0 amide bonds. The lowest BCUT2D eigenvalue weighted by Crippen LogP contribution is -1.85. The third-order valence-corrected chi connectivity index (χ3v) is 2.58. The summed E-state index contributed by atoms with van der Waals surface area (Å²) in [6.45, 7) is 4.08. The number of isocyanates is 1. The molecule has 2 aromatic rings. The van der Waals surface area contributed by atoms with E-state index in [0.717, 1.165) is 16.5 Å². The summed E-state index contributed by atoms with van der Waals surface area (Å²) < 4.78 is 1.98. The van der Waals surface area contributed by atoms with Crippen LogP contribution in [0.2, 0.25) is 0 Å². The Kier molecular flexibility index (Phi) is 2.18. The Bertz CT molecular complexity index is 575. The van der Waals surface area contributed by atoms with E-state index in [1.807, 2.05) is 24.7 Å². The molecule has 1 aromatic heterocycles. The molecule has 0 N–H and O–H groups in total. The summed E-state index contributed by atoms with van der Waals surface area (Å²) in [5.41, 5.74) is 4.14. The first-order valence-corrected chi connectivity index (χ1v) is 4.77. The van der Waals surface area contributed by atoms with Gasteiger partial charge in [-0.1, -0.05) is 6.07 Å². The fraction of sp³-hybridized carbons (Fsp3) is 0.250. The lowest BCUT2D eigenvalue weighted by Gasteiger charge is -2.01. The largest absolute Gasteiger partial charge is 0.348 e. The van der Waals surface area contributed by atoms with E-state index in [4.69, 9.17) is 0 Å². The second kappa shape index (κ2) is 3.37. The second-order valence-corrected chi connectivity index (χ2v) is 3.80. The van der Waals surface area contributed by atoms with Crippen molar-refractivity contribution in [1.82, 2.24) is 4.57 Å². The fourth-order valence-electron chi connectivity index (χ4n) is 2.01. The molecule has 0 atom stereocenters. The highest BCUT2D eigenvalue weighted by molar-refractivity contribution is 5.95. The molecule has 0 saturated heterocycles. The molecular formula is C12H12N2O. The zero-order chi connectivity index (χ0) is 11.0. The summed E-state index contributed by atoms with van der Waals surface area (Å²) in [4.78, 5) is 14.0. The molecule has 3 heteroatoms. The normalized spacial score (nSPS) is 10.3. The summed E-state index contributed by atoms with van der Waals surface area (Å²) in [6, 6.07) is 4.18. The quantitative estimate of drug-likeness (QED) is 0.515. The molecule has 0 aliphatic carbocycles. The zero-order valence-electron chi connectivity index (χ0n) is 9.03. The molecule has 15 heavy (non-hydrogen) atoms. The van der Waals surface area contributed by atoms with Gasteiger partial charge >= 0.3 is 0 Å². The van der Waals surface area contributed by atoms with Gasteiger partial charge in [0.15, 0.2) is 0 Å². The number of hydrogen-bond acceptors (Lipinski definition) is 2. The first kappa shape index (κ1) is 9.69. The molecule has 0 unspecified atom stereocenters. The van der Waals surface area contributed by atoms with E-state index < -0.39 is 0 Å². The van der Waals surface area contributed by atoms with Gasteiger partial charge in [-0.3, -0.25) is 0 Å². The van der Waals surface area contributed by atoms with Gasteiger partial charge in [0.1, 0.15) is 5.69 Å². The third kappa shape index (κ3) is 1.47. The van der Waals surface area contributed by atoms with E-state index in [2.05, 4.69) is 24.0 Å². The van der Waals surface area contributed by atoms with E-state index in [9.17, 15) is 4.79 Å². The van der Waals surface area contributed by atoms with Crippen molar-refractivity contribution in [3.63, 3.8) is 0 Å². The van der Waals surface area contributed by atoms with Crippen molar-refractivity contribution in [2.45, 2.75) is 13.8 Å². The van der Waals surface area contributed by atoms with Crippen LogP contribution in [-0.2, 0) is 11.8 Å². The average molecular weight is 200 g/mol. The lowest BCUT2D eigenvalue weighted by molar-refractivity contribution is 0.565. The predicted molar refractivity (Wildman–Crippen MR) is 60.2 cm³/mol. The van der Waals surface area contributed by atoms with Crippen LogP contribution in [0.4, 0.5) is 5.69 Å². The molecule has 76 valence electrons. The van der Waals surface area contributed by atoms with Crippen LogP contribution in [0.5, 0.6) is 0 Å². The molecule has 0 saturated carbocycles. The van der Waals surface area contributed by atoms with Gasteiger partial charge in [-0.2, -0.15) is 4.99 Å². The summed E-state index contributed by atoms with van der Waals surface area (Å²) in [5, 5.41) is 1.03. The van der Waals surface area contributed by atoms with Crippen molar-refractivity contribution < 1.29 is 4.79 Å². The summed E-state index contributed by atoms with van der Waals surface area (Å²) in [6.07, 6.45) is 3.44. The van der Waals surface area contributed by atoms with Crippen molar-refractivity contribution in [2.24, 2.45) is 12.0 Å². The van der Waals surface area contributed by atoms with Gasteiger partial charge in [-0.15, -0.1) is 0 Å². The number of aliphatic imine (C=N–C) groups is 1. The molecule has 0 spiro atoms. The number of hydrogen-bond donors (Lipinski definition) is 0. The number of nitrogens with zero attached hydrogens (tertiary/aromatic N) is 2. The maximum atomic E-state index is 10.3. The highest BCUT2D eigenvalue weighted by Crippen LogP contribution is 2.31. The standard InChI is InChI=1S/C12H12N2O/c1-8-4-9(2)12-10(13-7-15)6-14(3)11(12)5-8/h4-6H,1-3H3. The Morgan fingerprint density at radius 2 is 2.07 bits per heavy atom. The molecule has 0 fully saturated rings. The van der Waals surface area contributed by atoms with Crippen LogP contribution in [0.15, 0.2) is 23.3 Å². The molecule has 0 aliphatic rings. The predicted octanol–water partition coefficient (Wildman–Crippen LogP) is 2.76. The number of fused-ring (bicyclic) bond motifs is 1. The monoisotopic (exact) mass is 200 g/mol. The van der Waals surface area contributed by atoms with Crippen LogP contribution in [0.25, 0.3) is 10.9 Å². The Hall–Kier alpha value is -1.86. The Morgan fingerprint density at radius 1 is 1.33 bits per heavy atom. The van der Waals surface area contributed by atoms with Gasteiger partial charge in [-0.25, -0.2) is 4.79 Å². The zero-order valence-corrected chi connectivity index (χ0v) is 9.03. The van der Waals surface area contributed by atoms with Gasteiger partial charge in [0.25, 0.3) is 0 Å². The SMILES string of the molecule is Cc1cc(C)c2c(N=C=O)cn(C)c2c1. The second-order valence-electron chi connectivity index (χ2n) is 3.80. The molecule has 1 heterocycles. The van der Waals surface area contributed by atoms with Crippen LogP contribution in [-0.4, -0.2) is 10.6 Å². The molecule has 0 aliphatic heterocycles. The molecule has 1 aromatic carbocycles. The van der Waals surface area contributed by atoms with Crippen LogP contribution >= 0.6 is 0 Å². The van der Waals surface area contributed by atoms with Crippen molar-refractivity contribution in [1.29, 1.82) is 0 Å². The van der Waals surface area contributed by atoms with Crippen molar-refractivity contribution in [3.05, 3.63) is 29.5 Å². The van der Waals surface area contributed by atoms with E-state index >= 15 is 0 Å². The molecule has 0 bridgehead atoms. The van der Waals surface area contributed by atoms with Crippen LogP contribution in [0.3, 0.4) is 0 Å². The number of aryl methyl sites for hydroxylation is 3. The number of aromatic nitrogens is 1. The van der Waals surface area contributed by atoms with Crippen molar-refractivity contribution in [3.8, 4) is 0 Å². The van der Waals surface area contributed by atoms with Crippen LogP contribution in [0, 0.1) is 13.8 Å². The third-order valence-electron chi connectivity index (χ3n) is 2.58. The maximum absolute atomic E-state index is 10.3. The highest BCUT2D eigenvalue weighted by Gasteiger charge is 2.08. The van der Waals surface area contributed by atoms with Gasteiger partial charge in [-0.05, 0) is 31.0 Å². The van der Waals surface area contributed by atoms with Crippen molar-refractivity contribution in [2.75, 3.05) is 0 Å². The number of carbonyl (C=O) groups excluding carboxylic acids is 1. The first-order valence-electron chi connectivity index (χ1n) is 4.77. The van der Waals surface area contributed by atoms with Gasteiger partial charge in [0.05, 0.1) is 5.52 Å². The Labute approximate surface area is 88.0 Å². The Balaban J connectivity index is 2.93. The Morgan fingerprint density at radius 3 is 2.73 bits per heavy atom. The van der Waals surface area contributed by atoms with E-state index in [-0.39, 0.29) is 0 Å². The molecule has 0 radical (unpaired) electrons. The van der Waals surface area contributed by atoms with E-state index in [1.54, 1.807) is 6.08 Å². The average Bonchev–Trinajstić information content (AvgIpc) is 2.44. The summed E-state index contributed by atoms with van der Waals surface area (Å²) in [7, 11) is 1.95. The minimum Gasteiger partial charge on any atom is -0.348 e. The van der Waals surface area contributed by atoms with E-state index in [1.165, 1.54) is 5.56 Å². The van der Waals surface area contributed by atoms with Crippen LogP contribution in [0.1, 0.15) is 11.1 Å². The first-order chi connectivity index (χ1) is 7.13. The minimum absolute atomic E-state index is 0.694. The maximum Gasteiger partial charge on any atom is 0.240 e. The van der Waals surface area contributed by atoms with Gasteiger partial charge in [0, 0.05) is 18.6 Å². The molecular weight excluding hydrogens is 188 g/mol. The summed E-state index contributed by atoms with van der Waals surface area (Å²) in [5.74, 6) is 0. The lowest BCUT2D eigenvalue weighted by atomic mass is 10.1. The van der Waals surface area contributed by atoms with Gasteiger partial charge in [0.2, 0.25) is 6.08 Å². The summed E-state index contributed by atoms with van der Waals surface area (Å²) >= 11 is 0. The molecule has 2 rings (SSSR count).